The van der Waals surface area contributed by atoms with Gasteiger partial charge in [0.1, 0.15) is 0 Å². The number of hydrogen-bond acceptors (Lipinski definition) is 6. The summed E-state index contributed by atoms with van der Waals surface area (Å²) >= 11 is 0. The monoisotopic (exact) mass is 461 g/mol. The molecule has 0 spiro atoms. The van der Waals surface area contributed by atoms with Crippen LogP contribution in [0.3, 0.4) is 0 Å². The Hall–Kier alpha value is -4.27. The number of nitrogens with zero attached hydrogens (tertiary/aromatic N) is 2. The molecule has 3 heterocycles. The Kier molecular flexibility index (Phi) is 5.04. The number of rotatable bonds is 5. The summed E-state index contributed by atoms with van der Waals surface area (Å²) in [4.78, 5) is 37.9. The summed E-state index contributed by atoms with van der Waals surface area (Å²) in [5.41, 5.74) is 4.74. The quantitative estimate of drug-likeness (QED) is 0.601. The average molecular weight is 461 g/mol. The smallest absolute Gasteiger partial charge is 0.341 e. The second-order valence-corrected chi connectivity index (χ2v) is 8.35. The number of anilines is 1. The van der Waals surface area contributed by atoms with Gasteiger partial charge in [0.15, 0.2) is 18.1 Å². The van der Waals surface area contributed by atoms with Gasteiger partial charge in [0.05, 0.1) is 24.7 Å². The Labute approximate surface area is 195 Å². The number of benzene rings is 2. The molecule has 34 heavy (non-hydrogen) atoms. The van der Waals surface area contributed by atoms with Gasteiger partial charge in [-0.2, -0.15) is 0 Å². The number of methoxy groups -OCH3 is 1. The normalized spacial score (nSPS) is 16.9. The predicted molar refractivity (Wildman–Crippen MR) is 124 cm³/mol. The summed E-state index contributed by atoms with van der Waals surface area (Å²) in [5.74, 6) is -1.59. The Morgan fingerprint density at radius 1 is 1.21 bits per heavy atom. The van der Waals surface area contributed by atoms with Crippen molar-refractivity contribution >= 4 is 34.4 Å². The highest BCUT2D eigenvalue weighted by atomic mass is 16.5. The molecule has 3 aromatic rings. The highest BCUT2D eigenvalue weighted by Gasteiger charge is 2.41. The number of carboxylic acid groups (broad SMARTS) is 1. The van der Waals surface area contributed by atoms with Gasteiger partial charge in [0, 0.05) is 42.9 Å². The lowest BCUT2D eigenvalue weighted by atomic mass is 9.84. The number of hydrogen-bond donors (Lipinski definition) is 2. The second kappa shape index (κ2) is 7.95. The van der Waals surface area contributed by atoms with Crippen molar-refractivity contribution in [1.82, 2.24) is 9.47 Å². The minimum atomic E-state index is -1.10. The van der Waals surface area contributed by atoms with Gasteiger partial charge in [-0.1, -0.05) is 12.1 Å². The van der Waals surface area contributed by atoms with E-state index < -0.39 is 18.5 Å². The van der Waals surface area contributed by atoms with Crippen LogP contribution in [-0.4, -0.2) is 52.6 Å². The Balaban J connectivity index is 1.72. The molecule has 5 rings (SSSR count). The van der Waals surface area contributed by atoms with Crippen molar-refractivity contribution < 1.29 is 29.0 Å². The van der Waals surface area contributed by atoms with Gasteiger partial charge >= 0.3 is 5.97 Å². The molecular formula is C25H23N3O6. The second-order valence-electron chi connectivity index (χ2n) is 8.35. The van der Waals surface area contributed by atoms with Gasteiger partial charge < -0.3 is 24.5 Å². The molecule has 174 valence electrons. The molecule has 9 nitrogen and oxygen atoms in total. The minimum Gasteiger partial charge on any atom is -0.493 e. The van der Waals surface area contributed by atoms with Crippen molar-refractivity contribution in [2.45, 2.75) is 12.8 Å². The van der Waals surface area contributed by atoms with Gasteiger partial charge in [0.2, 0.25) is 5.91 Å². The highest BCUT2D eigenvalue weighted by molar-refractivity contribution is 6.11. The fourth-order valence-electron chi connectivity index (χ4n) is 4.84. The Morgan fingerprint density at radius 2 is 2.00 bits per heavy atom. The number of carboxylic acids is 1. The molecule has 1 atom stereocenters. The number of carbonyl (C=O) groups is 3. The van der Waals surface area contributed by atoms with E-state index in [1.54, 1.807) is 18.2 Å². The van der Waals surface area contributed by atoms with Crippen LogP contribution in [0.4, 0.5) is 5.69 Å². The molecule has 0 radical (unpaired) electrons. The maximum Gasteiger partial charge on any atom is 0.341 e. The summed E-state index contributed by atoms with van der Waals surface area (Å²) < 4.78 is 12.9. The topological polar surface area (TPSA) is 110 Å². The number of ether oxygens (including phenoxy) is 2. The summed E-state index contributed by atoms with van der Waals surface area (Å²) in [6, 6.07) is 11.1. The zero-order chi connectivity index (χ0) is 24.1. The fraction of sp³-hybridized carbons (Fsp3) is 0.240. The van der Waals surface area contributed by atoms with E-state index in [1.165, 1.54) is 18.9 Å². The first kappa shape index (κ1) is 21.6. The van der Waals surface area contributed by atoms with E-state index in [0.29, 0.717) is 17.0 Å². The van der Waals surface area contributed by atoms with Gasteiger partial charge in [-0.25, -0.2) is 4.79 Å². The van der Waals surface area contributed by atoms with Crippen LogP contribution in [0.25, 0.3) is 10.9 Å². The summed E-state index contributed by atoms with van der Waals surface area (Å²) in [6.45, 7) is 1.05. The molecule has 1 aromatic heterocycles. The third-order valence-corrected chi connectivity index (χ3v) is 6.30. The molecule has 0 bridgehead atoms. The maximum absolute atomic E-state index is 13.5. The van der Waals surface area contributed by atoms with Crippen molar-refractivity contribution in [3.05, 3.63) is 65.0 Å². The minimum absolute atomic E-state index is 0.170. The first-order valence-corrected chi connectivity index (χ1v) is 10.7. The van der Waals surface area contributed by atoms with E-state index in [9.17, 15) is 14.4 Å². The third-order valence-electron chi connectivity index (χ3n) is 6.30. The van der Waals surface area contributed by atoms with Crippen LogP contribution in [-0.2, 0) is 21.4 Å². The van der Waals surface area contributed by atoms with Crippen molar-refractivity contribution in [2.24, 2.45) is 7.05 Å². The fourth-order valence-corrected chi connectivity index (χ4v) is 4.84. The van der Waals surface area contributed by atoms with Gasteiger partial charge in [-0.3, -0.25) is 14.5 Å². The molecule has 0 saturated carbocycles. The number of aliphatic carboxylic acids is 1. The first-order valence-electron chi connectivity index (χ1n) is 10.7. The molecule has 2 aliphatic rings. The van der Waals surface area contributed by atoms with Crippen LogP contribution in [0, 0.1) is 0 Å². The van der Waals surface area contributed by atoms with Gasteiger partial charge in [0.25, 0.3) is 5.91 Å². The van der Waals surface area contributed by atoms with Gasteiger partial charge in [-0.15, -0.1) is 0 Å². The zero-order valence-corrected chi connectivity index (χ0v) is 18.9. The molecular weight excluding hydrogens is 438 g/mol. The predicted octanol–water partition coefficient (Wildman–Crippen LogP) is 2.85. The zero-order valence-electron chi connectivity index (χ0n) is 18.9. The number of aryl methyl sites for hydroxylation is 1. The first-order chi connectivity index (χ1) is 16.3. The summed E-state index contributed by atoms with van der Waals surface area (Å²) in [7, 11) is 3.42. The molecule has 0 saturated heterocycles. The van der Waals surface area contributed by atoms with Crippen LogP contribution in [0.15, 0.2) is 53.9 Å². The van der Waals surface area contributed by atoms with E-state index in [4.69, 9.17) is 14.6 Å². The lowest BCUT2D eigenvalue weighted by molar-refractivity contribution is -0.140. The van der Waals surface area contributed by atoms with E-state index in [0.717, 1.165) is 27.7 Å². The maximum atomic E-state index is 13.5. The SMILES string of the molecule is COc1cc(C2C3=C(CN(C(C)=O)C3=O)Nc3cccc4c3c2cn4C)ccc1OCC(=O)O. The van der Waals surface area contributed by atoms with Crippen molar-refractivity contribution in [2.75, 3.05) is 25.6 Å². The lowest BCUT2D eigenvalue weighted by Gasteiger charge is -2.20. The van der Waals surface area contributed by atoms with E-state index >= 15 is 0 Å². The number of amides is 2. The molecule has 9 heteroatoms. The van der Waals surface area contributed by atoms with Crippen molar-refractivity contribution in [3.8, 4) is 11.5 Å². The van der Waals surface area contributed by atoms with Crippen LogP contribution >= 0.6 is 0 Å². The molecule has 2 aromatic carbocycles. The van der Waals surface area contributed by atoms with E-state index in [2.05, 4.69) is 5.32 Å². The van der Waals surface area contributed by atoms with E-state index in [1.807, 2.05) is 36.0 Å². The molecule has 2 amide bonds. The van der Waals surface area contributed by atoms with Crippen molar-refractivity contribution in [1.29, 1.82) is 0 Å². The molecule has 0 aliphatic carbocycles. The van der Waals surface area contributed by atoms with Crippen LogP contribution in [0.5, 0.6) is 11.5 Å². The highest BCUT2D eigenvalue weighted by Crippen LogP contribution is 2.47. The summed E-state index contributed by atoms with van der Waals surface area (Å²) in [6.07, 6.45) is 2.00. The van der Waals surface area contributed by atoms with E-state index in [-0.39, 0.29) is 24.1 Å². The largest absolute Gasteiger partial charge is 0.493 e. The molecule has 1 unspecified atom stereocenters. The van der Waals surface area contributed by atoms with Crippen LogP contribution < -0.4 is 14.8 Å². The Bertz CT molecular complexity index is 1400. The summed E-state index contributed by atoms with van der Waals surface area (Å²) in [5, 5.41) is 13.4. The Morgan fingerprint density at radius 3 is 2.71 bits per heavy atom. The standard InChI is InChI=1S/C25H23N3O6/c1-13(29)28-11-17-24(25(28)32)22(14-7-8-19(20(9-14)33-3)34-12-21(30)31)15-10-27(2)18-6-4-5-16(26-17)23(15)18/h4-10,22,26H,11-12H2,1-3H3,(H,30,31). The number of imide groups is 1. The third kappa shape index (κ3) is 3.28. The van der Waals surface area contributed by atoms with Crippen LogP contribution in [0.1, 0.15) is 24.0 Å². The van der Waals surface area contributed by atoms with Crippen LogP contribution in [0.2, 0.25) is 0 Å². The molecule has 2 aliphatic heterocycles. The van der Waals surface area contributed by atoms with Crippen molar-refractivity contribution in [3.63, 3.8) is 0 Å². The lowest BCUT2D eigenvalue weighted by Crippen LogP contribution is -2.33. The average Bonchev–Trinajstić information content (AvgIpc) is 3.26. The number of nitrogens with one attached hydrogen (secondary N) is 1. The molecule has 0 fully saturated rings. The number of aromatic nitrogens is 1. The van der Waals surface area contributed by atoms with Gasteiger partial charge in [-0.05, 0) is 35.4 Å². The molecule has 2 N–H and O–H groups in total. The number of carbonyl (C=O) groups excluding carboxylic acids is 2.